The van der Waals surface area contributed by atoms with Gasteiger partial charge >= 0.3 is 5.97 Å². The van der Waals surface area contributed by atoms with Crippen molar-refractivity contribution in [2.24, 2.45) is 0 Å². The fourth-order valence-electron chi connectivity index (χ4n) is 3.21. The second-order valence-electron chi connectivity index (χ2n) is 6.62. The largest absolute Gasteiger partial charge is 0.468 e. The molecular weight excluding hydrogens is 424 g/mol. The molecule has 2 aromatic heterocycles. The molecule has 2 heterocycles. The van der Waals surface area contributed by atoms with Crippen molar-refractivity contribution in [3.05, 3.63) is 95.4 Å². The Bertz CT molecular complexity index is 1220. The molecule has 0 saturated carbocycles. The molecule has 0 aliphatic carbocycles. The van der Waals surface area contributed by atoms with Crippen molar-refractivity contribution in [2.75, 3.05) is 7.11 Å². The summed E-state index contributed by atoms with van der Waals surface area (Å²) in [5.74, 6) is -0.385. The maximum Gasteiger partial charge on any atom is 0.323 e. The Hall–Kier alpha value is -3.40. The second-order valence-corrected chi connectivity index (χ2v) is 8.66. The molecule has 4 aromatic rings. The zero-order valence-electron chi connectivity index (χ0n) is 16.7. The van der Waals surface area contributed by atoms with Crippen LogP contribution in [0.25, 0.3) is 21.7 Å². The highest BCUT2D eigenvalue weighted by Gasteiger charge is 2.26. The van der Waals surface area contributed by atoms with Crippen LogP contribution >= 0.6 is 23.1 Å². The summed E-state index contributed by atoms with van der Waals surface area (Å²) in [4.78, 5) is 18.4. The van der Waals surface area contributed by atoms with Crippen LogP contribution in [0.4, 0.5) is 0 Å². The first-order valence-corrected chi connectivity index (χ1v) is 11.3. The molecule has 6 heteroatoms. The smallest absolute Gasteiger partial charge is 0.323 e. The van der Waals surface area contributed by atoms with E-state index >= 15 is 0 Å². The van der Waals surface area contributed by atoms with Crippen LogP contribution in [-0.4, -0.2) is 18.1 Å². The average Bonchev–Trinajstić information content (AvgIpc) is 3.37. The maximum absolute atomic E-state index is 12.6. The fraction of sp³-hybridized carbons (Fsp3) is 0.0800. The molecule has 152 valence electrons. The highest BCUT2D eigenvalue weighted by molar-refractivity contribution is 8.00. The SMILES string of the molecule is COC(=O)[C@H](Sc1nc(-c2cccs2)cc(-c2ccccc2)c1C#N)c1ccccc1. The van der Waals surface area contributed by atoms with Gasteiger partial charge in [0, 0.05) is 5.56 Å². The Morgan fingerprint density at radius 2 is 1.77 bits per heavy atom. The molecule has 1 atom stereocenters. The number of thiophene rings is 1. The van der Waals surface area contributed by atoms with E-state index in [0.29, 0.717) is 10.6 Å². The van der Waals surface area contributed by atoms with Crippen LogP contribution in [0.2, 0.25) is 0 Å². The van der Waals surface area contributed by atoms with E-state index in [1.165, 1.54) is 18.9 Å². The molecule has 31 heavy (non-hydrogen) atoms. The number of hydrogen-bond acceptors (Lipinski definition) is 6. The minimum atomic E-state index is -0.631. The zero-order chi connectivity index (χ0) is 21.6. The van der Waals surface area contributed by atoms with Crippen LogP contribution in [0.15, 0.2) is 89.3 Å². The van der Waals surface area contributed by atoms with Crippen LogP contribution in [-0.2, 0) is 9.53 Å². The van der Waals surface area contributed by atoms with E-state index in [2.05, 4.69) is 6.07 Å². The number of esters is 1. The van der Waals surface area contributed by atoms with Crippen molar-refractivity contribution in [3.8, 4) is 27.8 Å². The van der Waals surface area contributed by atoms with Gasteiger partial charge in [0.2, 0.25) is 0 Å². The molecule has 2 aromatic carbocycles. The summed E-state index contributed by atoms with van der Waals surface area (Å²) in [5, 5.41) is 11.9. The average molecular weight is 443 g/mol. The summed E-state index contributed by atoms with van der Waals surface area (Å²) >= 11 is 2.82. The van der Waals surface area contributed by atoms with Gasteiger partial charge < -0.3 is 4.74 Å². The molecule has 0 aliphatic heterocycles. The summed E-state index contributed by atoms with van der Waals surface area (Å²) in [6, 6.07) is 27.4. The van der Waals surface area contributed by atoms with E-state index in [1.807, 2.05) is 84.2 Å². The number of rotatable bonds is 6. The normalized spacial score (nSPS) is 11.5. The van der Waals surface area contributed by atoms with Crippen LogP contribution in [0.3, 0.4) is 0 Å². The predicted octanol–water partition coefficient (Wildman–Crippen LogP) is 6.36. The van der Waals surface area contributed by atoms with Gasteiger partial charge in [-0.2, -0.15) is 5.26 Å². The number of carbonyl (C=O) groups excluding carboxylic acids is 1. The Morgan fingerprint density at radius 3 is 2.39 bits per heavy atom. The molecule has 0 spiro atoms. The summed E-state index contributed by atoms with van der Waals surface area (Å²) in [6.45, 7) is 0. The van der Waals surface area contributed by atoms with Crippen LogP contribution in [0.5, 0.6) is 0 Å². The van der Waals surface area contributed by atoms with Gasteiger partial charge in [0.25, 0.3) is 0 Å². The topological polar surface area (TPSA) is 63.0 Å². The molecule has 0 radical (unpaired) electrons. The maximum atomic E-state index is 12.6. The second kappa shape index (κ2) is 9.61. The minimum Gasteiger partial charge on any atom is -0.468 e. The van der Waals surface area contributed by atoms with E-state index in [-0.39, 0.29) is 5.97 Å². The van der Waals surface area contributed by atoms with E-state index < -0.39 is 5.25 Å². The molecule has 0 aliphatic rings. The van der Waals surface area contributed by atoms with E-state index in [1.54, 1.807) is 11.3 Å². The molecule has 0 N–H and O–H groups in total. The van der Waals surface area contributed by atoms with Crippen molar-refractivity contribution in [3.63, 3.8) is 0 Å². The van der Waals surface area contributed by atoms with Gasteiger partial charge in [-0.25, -0.2) is 4.98 Å². The van der Waals surface area contributed by atoms with Gasteiger partial charge in [-0.1, -0.05) is 78.5 Å². The standard InChI is InChI=1S/C25H18N2O2S2/c1-29-25(28)23(18-11-6-3-7-12-18)31-24-20(16-26)19(17-9-4-2-5-10-17)15-21(27-24)22-13-8-14-30-22/h2-15,23H,1H3/t23-/m1/s1. The number of methoxy groups -OCH3 is 1. The molecule has 0 fully saturated rings. The first-order valence-electron chi connectivity index (χ1n) is 9.55. The monoisotopic (exact) mass is 442 g/mol. The number of carbonyl (C=O) groups is 1. The van der Waals surface area contributed by atoms with Crippen molar-refractivity contribution in [1.82, 2.24) is 4.98 Å². The van der Waals surface area contributed by atoms with E-state index in [0.717, 1.165) is 27.3 Å². The lowest BCUT2D eigenvalue weighted by molar-refractivity contribution is -0.140. The Labute approximate surface area is 189 Å². The number of ether oxygens (including phenoxy) is 1. The highest BCUT2D eigenvalue weighted by atomic mass is 32.2. The van der Waals surface area contributed by atoms with E-state index in [9.17, 15) is 10.1 Å². The number of hydrogen-bond donors (Lipinski definition) is 0. The summed E-state index contributed by atoms with van der Waals surface area (Å²) in [7, 11) is 1.37. The number of benzene rings is 2. The van der Waals surface area contributed by atoms with Gasteiger partial charge in [-0.05, 0) is 28.6 Å². The number of thioether (sulfide) groups is 1. The quantitative estimate of drug-likeness (QED) is 0.257. The highest BCUT2D eigenvalue weighted by Crippen LogP contribution is 2.41. The molecule has 0 saturated heterocycles. The molecule has 0 amide bonds. The number of pyridine rings is 1. The van der Waals surface area contributed by atoms with Gasteiger partial charge in [-0.15, -0.1) is 11.3 Å². The van der Waals surface area contributed by atoms with Gasteiger partial charge in [0.05, 0.1) is 23.2 Å². The number of aromatic nitrogens is 1. The van der Waals surface area contributed by atoms with Crippen molar-refractivity contribution >= 4 is 29.1 Å². The van der Waals surface area contributed by atoms with Gasteiger partial charge in [0.1, 0.15) is 16.3 Å². The lowest BCUT2D eigenvalue weighted by Crippen LogP contribution is -2.12. The van der Waals surface area contributed by atoms with Crippen molar-refractivity contribution < 1.29 is 9.53 Å². The molecule has 4 rings (SSSR count). The number of nitrogens with zero attached hydrogens (tertiary/aromatic N) is 2. The third-order valence-corrected chi connectivity index (χ3v) is 6.81. The molecular formula is C25H18N2O2S2. The fourth-order valence-corrected chi connectivity index (χ4v) is 5.03. The molecule has 0 bridgehead atoms. The minimum absolute atomic E-state index is 0.385. The number of nitriles is 1. The van der Waals surface area contributed by atoms with Crippen molar-refractivity contribution in [2.45, 2.75) is 10.3 Å². The van der Waals surface area contributed by atoms with Gasteiger partial charge in [-0.3, -0.25) is 4.79 Å². The Morgan fingerprint density at radius 1 is 1.06 bits per heavy atom. The summed E-state index contributed by atoms with van der Waals surface area (Å²) < 4.78 is 5.06. The Balaban J connectivity index is 1.89. The lowest BCUT2D eigenvalue weighted by atomic mass is 10.0. The third-order valence-electron chi connectivity index (χ3n) is 4.70. The van der Waals surface area contributed by atoms with Crippen LogP contribution in [0.1, 0.15) is 16.4 Å². The van der Waals surface area contributed by atoms with Crippen LogP contribution in [0, 0.1) is 11.3 Å². The zero-order valence-corrected chi connectivity index (χ0v) is 18.3. The Kier molecular flexibility index (Phi) is 6.46. The van der Waals surface area contributed by atoms with Crippen molar-refractivity contribution in [1.29, 1.82) is 5.26 Å². The third kappa shape index (κ3) is 4.53. The lowest BCUT2D eigenvalue weighted by Gasteiger charge is -2.17. The first kappa shape index (κ1) is 20.9. The first-order chi connectivity index (χ1) is 15.2. The molecule has 0 unspecified atom stereocenters. The van der Waals surface area contributed by atoms with Gasteiger partial charge in [0.15, 0.2) is 0 Å². The molecule has 4 nitrogen and oxygen atoms in total. The predicted molar refractivity (Wildman–Crippen MR) is 125 cm³/mol. The van der Waals surface area contributed by atoms with E-state index in [4.69, 9.17) is 9.72 Å². The summed E-state index contributed by atoms with van der Waals surface area (Å²) in [6.07, 6.45) is 0. The van der Waals surface area contributed by atoms with Crippen LogP contribution < -0.4 is 0 Å². The summed E-state index contributed by atoms with van der Waals surface area (Å²) in [5.41, 5.74) is 3.73.